The number of halogens is 1. The van der Waals surface area contributed by atoms with E-state index < -0.39 is 5.97 Å². The molecular weight excluding hydrogens is 338 g/mol. The Labute approximate surface area is 151 Å². The zero-order valence-corrected chi connectivity index (χ0v) is 14.6. The minimum atomic E-state index is -0.667. The molecular formula is C20H18ClNO3. The van der Waals surface area contributed by atoms with Crippen LogP contribution in [0.5, 0.6) is 5.75 Å². The molecule has 0 fully saturated rings. The number of carbonyl (C=O) groups excluding carboxylic acids is 1. The molecule has 2 aromatic carbocycles. The van der Waals surface area contributed by atoms with Crippen LogP contribution in [0.2, 0.25) is 5.15 Å². The highest BCUT2D eigenvalue weighted by Gasteiger charge is 2.20. The van der Waals surface area contributed by atoms with Crippen LogP contribution in [-0.2, 0) is 4.74 Å². The molecule has 25 heavy (non-hydrogen) atoms. The predicted octanol–water partition coefficient (Wildman–Crippen LogP) is 5.22. The van der Waals surface area contributed by atoms with Crippen LogP contribution in [0.15, 0.2) is 48.5 Å². The third kappa shape index (κ3) is 3.59. The van der Waals surface area contributed by atoms with Gasteiger partial charge in [0.15, 0.2) is 11.4 Å². The van der Waals surface area contributed by atoms with Crippen molar-refractivity contribution < 1.29 is 14.6 Å². The molecule has 0 saturated carbocycles. The first kappa shape index (κ1) is 17.2. The van der Waals surface area contributed by atoms with Crippen molar-refractivity contribution in [3.05, 3.63) is 59.4 Å². The fourth-order valence-corrected chi connectivity index (χ4v) is 2.84. The molecule has 0 atom stereocenters. The second-order valence-electron chi connectivity index (χ2n) is 5.72. The summed E-state index contributed by atoms with van der Waals surface area (Å²) in [5.41, 5.74) is 1.76. The average molecular weight is 356 g/mol. The Morgan fingerprint density at radius 3 is 2.60 bits per heavy atom. The van der Waals surface area contributed by atoms with Crippen molar-refractivity contribution in [2.45, 2.75) is 19.8 Å². The van der Waals surface area contributed by atoms with Gasteiger partial charge >= 0.3 is 5.97 Å². The van der Waals surface area contributed by atoms with Crippen LogP contribution in [-0.4, -0.2) is 22.7 Å². The second-order valence-corrected chi connectivity index (χ2v) is 6.07. The number of ether oxygens (including phenoxy) is 1. The Morgan fingerprint density at radius 2 is 1.88 bits per heavy atom. The number of benzene rings is 2. The number of unbranched alkanes of at least 4 members (excludes halogenated alkanes) is 1. The summed E-state index contributed by atoms with van der Waals surface area (Å²) in [5.74, 6) is -0.876. The van der Waals surface area contributed by atoms with Gasteiger partial charge < -0.3 is 9.84 Å². The van der Waals surface area contributed by atoms with Crippen molar-refractivity contribution in [1.82, 2.24) is 4.98 Å². The van der Waals surface area contributed by atoms with Gasteiger partial charge in [-0.1, -0.05) is 67.4 Å². The van der Waals surface area contributed by atoms with Crippen LogP contribution in [0.4, 0.5) is 0 Å². The second kappa shape index (κ2) is 7.53. The van der Waals surface area contributed by atoms with Crippen molar-refractivity contribution in [2.75, 3.05) is 6.61 Å². The first-order valence-electron chi connectivity index (χ1n) is 8.16. The predicted molar refractivity (Wildman–Crippen MR) is 99.0 cm³/mol. The summed E-state index contributed by atoms with van der Waals surface area (Å²) in [6.07, 6.45) is 1.66. The zero-order valence-electron chi connectivity index (χ0n) is 13.8. The molecule has 128 valence electrons. The largest absolute Gasteiger partial charge is 0.505 e. The number of aromatic hydroxyl groups is 1. The number of esters is 1. The van der Waals surface area contributed by atoms with Gasteiger partial charge in [0, 0.05) is 10.8 Å². The van der Waals surface area contributed by atoms with E-state index in [9.17, 15) is 9.90 Å². The molecule has 3 aromatic rings. The van der Waals surface area contributed by atoms with E-state index in [4.69, 9.17) is 16.3 Å². The number of hydrogen-bond acceptors (Lipinski definition) is 4. The fraction of sp³-hybridized carbons (Fsp3) is 0.200. The van der Waals surface area contributed by atoms with Gasteiger partial charge in [0.2, 0.25) is 0 Å². The highest BCUT2D eigenvalue weighted by molar-refractivity contribution is 6.35. The van der Waals surface area contributed by atoms with Crippen LogP contribution >= 0.6 is 11.6 Å². The van der Waals surface area contributed by atoms with Crippen molar-refractivity contribution in [1.29, 1.82) is 0 Å². The van der Waals surface area contributed by atoms with Crippen LogP contribution in [0.1, 0.15) is 30.3 Å². The fourth-order valence-electron chi connectivity index (χ4n) is 2.59. The number of aromatic nitrogens is 1. The molecule has 1 N–H and O–H groups in total. The molecule has 0 aliphatic heterocycles. The van der Waals surface area contributed by atoms with Crippen LogP contribution in [0.25, 0.3) is 21.9 Å². The summed E-state index contributed by atoms with van der Waals surface area (Å²) in [4.78, 5) is 16.2. The number of pyridine rings is 1. The van der Waals surface area contributed by atoms with E-state index in [1.165, 1.54) is 0 Å². The highest BCUT2D eigenvalue weighted by Crippen LogP contribution is 2.35. The zero-order chi connectivity index (χ0) is 17.8. The quantitative estimate of drug-likeness (QED) is 0.387. The summed E-state index contributed by atoms with van der Waals surface area (Å²) in [6, 6.07) is 15.3. The Hall–Kier alpha value is -2.59. The van der Waals surface area contributed by atoms with Gasteiger partial charge in [0.25, 0.3) is 0 Å². The minimum Gasteiger partial charge on any atom is -0.505 e. The number of hydrogen-bond donors (Lipinski definition) is 1. The monoisotopic (exact) mass is 355 g/mol. The molecule has 4 nitrogen and oxygen atoms in total. The highest BCUT2D eigenvalue weighted by atomic mass is 35.5. The average Bonchev–Trinajstić information content (AvgIpc) is 2.65. The maximum atomic E-state index is 12.2. The molecule has 0 amide bonds. The standard InChI is InChI=1S/C20H18ClNO3/c1-2-3-11-25-20(24)17-18(23)16-12-14(13-7-5-4-6-8-13)9-10-15(16)19(21)22-17/h4-10,12,23H,2-3,11H2,1H3. The lowest BCUT2D eigenvalue weighted by Gasteiger charge is -2.10. The molecule has 0 aliphatic rings. The Balaban J connectivity index is 2.06. The Bertz CT molecular complexity index is 910. The normalized spacial score (nSPS) is 10.8. The van der Waals surface area contributed by atoms with Crippen LogP contribution < -0.4 is 0 Å². The van der Waals surface area contributed by atoms with Crippen molar-refractivity contribution in [2.24, 2.45) is 0 Å². The molecule has 3 rings (SSSR count). The first-order valence-corrected chi connectivity index (χ1v) is 8.54. The molecule has 0 saturated heterocycles. The molecule has 1 aromatic heterocycles. The number of rotatable bonds is 5. The van der Waals surface area contributed by atoms with Gasteiger partial charge in [0.05, 0.1) is 6.61 Å². The SMILES string of the molecule is CCCCOC(=O)c1nc(Cl)c2ccc(-c3ccccc3)cc2c1O. The topological polar surface area (TPSA) is 59.4 Å². The summed E-state index contributed by atoms with van der Waals surface area (Å²) in [6.45, 7) is 2.29. The van der Waals surface area contributed by atoms with Gasteiger partial charge in [0.1, 0.15) is 5.15 Å². The van der Waals surface area contributed by atoms with E-state index in [0.29, 0.717) is 10.8 Å². The van der Waals surface area contributed by atoms with Gasteiger partial charge in [-0.2, -0.15) is 0 Å². The summed E-state index contributed by atoms with van der Waals surface area (Å²) in [5, 5.41) is 11.8. The minimum absolute atomic E-state index is 0.154. The first-order chi connectivity index (χ1) is 12.1. The van der Waals surface area contributed by atoms with E-state index in [2.05, 4.69) is 4.98 Å². The van der Waals surface area contributed by atoms with Gasteiger partial charge in [-0.25, -0.2) is 9.78 Å². The van der Waals surface area contributed by atoms with Crippen LogP contribution in [0, 0.1) is 0 Å². The smallest absolute Gasteiger partial charge is 0.360 e. The summed E-state index contributed by atoms with van der Waals surface area (Å²) >= 11 is 6.21. The third-order valence-corrected chi connectivity index (χ3v) is 4.25. The van der Waals surface area contributed by atoms with E-state index in [0.717, 1.165) is 24.0 Å². The maximum absolute atomic E-state index is 12.2. The lowest BCUT2D eigenvalue weighted by molar-refractivity contribution is 0.0489. The van der Waals surface area contributed by atoms with Crippen LogP contribution in [0.3, 0.4) is 0 Å². The molecule has 0 bridgehead atoms. The molecule has 0 unspecified atom stereocenters. The van der Waals surface area contributed by atoms with E-state index in [1.54, 1.807) is 12.1 Å². The number of carbonyl (C=O) groups is 1. The third-order valence-electron chi connectivity index (χ3n) is 3.96. The summed E-state index contributed by atoms with van der Waals surface area (Å²) < 4.78 is 5.15. The Kier molecular flexibility index (Phi) is 5.19. The van der Waals surface area contributed by atoms with E-state index in [-0.39, 0.29) is 23.2 Å². The van der Waals surface area contributed by atoms with E-state index >= 15 is 0 Å². The Morgan fingerprint density at radius 1 is 1.12 bits per heavy atom. The summed E-state index contributed by atoms with van der Waals surface area (Å²) in [7, 11) is 0. The van der Waals surface area contributed by atoms with Gasteiger partial charge in [-0.05, 0) is 23.6 Å². The lowest BCUT2D eigenvalue weighted by atomic mass is 10.0. The van der Waals surface area contributed by atoms with Gasteiger partial charge in [-0.3, -0.25) is 0 Å². The van der Waals surface area contributed by atoms with Crippen molar-refractivity contribution >= 4 is 28.3 Å². The molecule has 1 heterocycles. The van der Waals surface area contributed by atoms with E-state index in [1.807, 2.05) is 43.3 Å². The molecule has 0 aliphatic carbocycles. The van der Waals surface area contributed by atoms with Crippen molar-refractivity contribution in [3.63, 3.8) is 0 Å². The maximum Gasteiger partial charge on any atom is 0.360 e. The number of fused-ring (bicyclic) bond motifs is 1. The van der Waals surface area contributed by atoms with Gasteiger partial charge in [-0.15, -0.1) is 0 Å². The van der Waals surface area contributed by atoms with Crippen molar-refractivity contribution in [3.8, 4) is 16.9 Å². The number of nitrogens with zero attached hydrogens (tertiary/aromatic N) is 1. The molecule has 0 spiro atoms. The molecule has 0 radical (unpaired) electrons. The lowest BCUT2D eigenvalue weighted by Crippen LogP contribution is -2.09. The molecule has 5 heteroatoms.